The quantitative estimate of drug-likeness (QED) is 0.852. The van der Waals surface area contributed by atoms with E-state index in [9.17, 15) is 4.79 Å². The van der Waals surface area contributed by atoms with Gasteiger partial charge in [0.25, 0.3) is 0 Å². The summed E-state index contributed by atoms with van der Waals surface area (Å²) < 4.78 is 0. The fourth-order valence-corrected chi connectivity index (χ4v) is 2.35. The molecular weight excluding hydrogens is 224 g/mol. The lowest BCUT2D eigenvalue weighted by molar-refractivity contribution is 0.0697. The third-order valence-electron chi connectivity index (χ3n) is 2.41. The SMILES string of the molecule is CSC1=NCCN1c1ccccc1C(=O)O. The standard InChI is InChI=1S/C11H12N2O2S/c1-16-11-12-6-7-13(11)9-5-3-2-4-8(9)10(14)15/h2-5H,6-7H2,1H3,(H,14,15). The smallest absolute Gasteiger partial charge is 0.337 e. The minimum Gasteiger partial charge on any atom is -0.478 e. The average molecular weight is 236 g/mol. The largest absolute Gasteiger partial charge is 0.478 e. The molecule has 0 fully saturated rings. The van der Waals surface area contributed by atoms with Crippen molar-refractivity contribution in [3.8, 4) is 0 Å². The summed E-state index contributed by atoms with van der Waals surface area (Å²) in [6.45, 7) is 1.48. The monoisotopic (exact) mass is 236 g/mol. The number of benzene rings is 1. The molecule has 0 saturated heterocycles. The van der Waals surface area contributed by atoms with Crippen LogP contribution in [0.1, 0.15) is 10.4 Å². The van der Waals surface area contributed by atoms with Crippen LogP contribution in [-0.2, 0) is 0 Å². The molecule has 5 heteroatoms. The zero-order valence-electron chi connectivity index (χ0n) is 8.88. The predicted octanol–water partition coefficient (Wildman–Crippen LogP) is 1.92. The number of hydrogen-bond acceptors (Lipinski definition) is 4. The first kappa shape index (κ1) is 11.0. The van der Waals surface area contributed by atoms with Gasteiger partial charge in [0.1, 0.15) is 0 Å². The highest BCUT2D eigenvalue weighted by Gasteiger charge is 2.22. The summed E-state index contributed by atoms with van der Waals surface area (Å²) in [6.07, 6.45) is 1.94. The maximum atomic E-state index is 11.1. The first-order valence-electron chi connectivity index (χ1n) is 4.92. The number of hydrogen-bond donors (Lipinski definition) is 1. The van der Waals surface area contributed by atoms with Crippen molar-refractivity contribution in [3.63, 3.8) is 0 Å². The topological polar surface area (TPSA) is 52.9 Å². The lowest BCUT2D eigenvalue weighted by atomic mass is 10.1. The van der Waals surface area contributed by atoms with Crippen molar-refractivity contribution in [3.05, 3.63) is 29.8 Å². The van der Waals surface area contributed by atoms with Crippen LogP contribution in [0.2, 0.25) is 0 Å². The molecule has 1 heterocycles. The van der Waals surface area contributed by atoms with Crippen LogP contribution in [0.5, 0.6) is 0 Å². The highest BCUT2D eigenvalue weighted by molar-refractivity contribution is 8.13. The van der Waals surface area contributed by atoms with Gasteiger partial charge in [-0.25, -0.2) is 4.79 Å². The number of carbonyl (C=O) groups is 1. The molecule has 1 aliphatic rings. The number of carboxylic acid groups (broad SMARTS) is 1. The van der Waals surface area contributed by atoms with Crippen molar-refractivity contribution in [1.82, 2.24) is 0 Å². The van der Waals surface area contributed by atoms with Gasteiger partial charge >= 0.3 is 5.97 Å². The zero-order chi connectivity index (χ0) is 11.5. The van der Waals surface area contributed by atoms with Crippen molar-refractivity contribution >= 4 is 28.6 Å². The van der Waals surface area contributed by atoms with E-state index in [2.05, 4.69) is 4.99 Å². The molecule has 0 aliphatic carbocycles. The number of amidine groups is 1. The van der Waals surface area contributed by atoms with Crippen LogP contribution in [0, 0.1) is 0 Å². The van der Waals surface area contributed by atoms with Crippen molar-refractivity contribution in [1.29, 1.82) is 0 Å². The molecule has 0 amide bonds. The second-order valence-electron chi connectivity index (χ2n) is 3.34. The number of thioether (sulfide) groups is 1. The van der Waals surface area contributed by atoms with E-state index in [-0.39, 0.29) is 0 Å². The molecule has 84 valence electrons. The first-order chi connectivity index (χ1) is 7.74. The van der Waals surface area contributed by atoms with Crippen LogP contribution in [0.25, 0.3) is 0 Å². The molecule has 1 aliphatic heterocycles. The van der Waals surface area contributed by atoms with Gasteiger partial charge in [0.2, 0.25) is 0 Å². The molecule has 0 unspecified atom stereocenters. The third-order valence-corrected chi connectivity index (χ3v) is 3.12. The summed E-state index contributed by atoms with van der Waals surface area (Å²) in [7, 11) is 0. The Labute approximate surface area is 98.0 Å². The first-order valence-corrected chi connectivity index (χ1v) is 6.15. The summed E-state index contributed by atoms with van der Waals surface area (Å²) in [5.41, 5.74) is 1.05. The normalized spacial score (nSPS) is 15.1. The van der Waals surface area contributed by atoms with E-state index in [1.54, 1.807) is 12.1 Å². The van der Waals surface area contributed by atoms with Crippen LogP contribution in [0.15, 0.2) is 29.3 Å². The van der Waals surface area contributed by atoms with Gasteiger partial charge in [0.15, 0.2) is 5.17 Å². The number of carboxylic acids is 1. The maximum Gasteiger partial charge on any atom is 0.337 e. The fraction of sp³-hybridized carbons (Fsp3) is 0.273. The van der Waals surface area contributed by atoms with E-state index >= 15 is 0 Å². The molecule has 16 heavy (non-hydrogen) atoms. The van der Waals surface area contributed by atoms with Crippen molar-refractivity contribution in [2.45, 2.75) is 0 Å². The van der Waals surface area contributed by atoms with Gasteiger partial charge in [-0.3, -0.25) is 4.99 Å². The fourth-order valence-electron chi connectivity index (χ4n) is 1.71. The molecule has 2 rings (SSSR count). The van der Waals surface area contributed by atoms with Gasteiger partial charge in [-0.15, -0.1) is 0 Å². The van der Waals surface area contributed by atoms with E-state index in [1.807, 2.05) is 23.3 Å². The van der Waals surface area contributed by atoms with E-state index in [0.717, 1.165) is 23.9 Å². The minimum atomic E-state index is -0.900. The number of para-hydroxylation sites is 1. The molecule has 1 aromatic rings. The van der Waals surface area contributed by atoms with Gasteiger partial charge in [-0.2, -0.15) is 0 Å². The molecular formula is C11H12N2O2S. The van der Waals surface area contributed by atoms with Crippen LogP contribution >= 0.6 is 11.8 Å². The summed E-state index contributed by atoms with van der Waals surface area (Å²) in [5, 5.41) is 9.99. The summed E-state index contributed by atoms with van der Waals surface area (Å²) in [4.78, 5) is 17.4. The molecule has 0 saturated carbocycles. The van der Waals surface area contributed by atoms with Gasteiger partial charge in [0.05, 0.1) is 17.8 Å². The van der Waals surface area contributed by atoms with E-state index in [4.69, 9.17) is 5.11 Å². The van der Waals surface area contributed by atoms with E-state index in [1.165, 1.54) is 11.8 Å². The Morgan fingerprint density at radius 2 is 2.25 bits per heavy atom. The van der Waals surface area contributed by atoms with Crippen molar-refractivity contribution < 1.29 is 9.90 Å². The number of nitrogens with zero attached hydrogens (tertiary/aromatic N) is 2. The Hall–Kier alpha value is -1.49. The molecule has 0 atom stereocenters. The Morgan fingerprint density at radius 1 is 1.50 bits per heavy atom. The van der Waals surface area contributed by atoms with Crippen LogP contribution < -0.4 is 4.90 Å². The lowest BCUT2D eigenvalue weighted by Gasteiger charge is -2.20. The number of aromatic carboxylic acids is 1. The minimum absolute atomic E-state index is 0.325. The highest BCUT2D eigenvalue weighted by Crippen LogP contribution is 2.25. The summed E-state index contributed by atoms with van der Waals surface area (Å²) in [5.74, 6) is -0.900. The van der Waals surface area contributed by atoms with Crippen molar-refractivity contribution in [2.75, 3.05) is 24.2 Å². The number of rotatable bonds is 2. The van der Waals surface area contributed by atoms with Crippen molar-refractivity contribution in [2.24, 2.45) is 4.99 Å². The molecule has 0 radical (unpaired) electrons. The van der Waals surface area contributed by atoms with Crippen LogP contribution in [-0.4, -0.2) is 35.6 Å². The molecule has 0 aromatic heterocycles. The summed E-state index contributed by atoms with van der Waals surface area (Å²) >= 11 is 1.54. The summed E-state index contributed by atoms with van der Waals surface area (Å²) in [6, 6.07) is 7.02. The lowest BCUT2D eigenvalue weighted by Crippen LogP contribution is -2.26. The Kier molecular flexibility index (Phi) is 3.14. The van der Waals surface area contributed by atoms with Gasteiger partial charge in [0, 0.05) is 6.54 Å². The van der Waals surface area contributed by atoms with E-state index < -0.39 is 5.97 Å². The van der Waals surface area contributed by atoms with Crippen LogP contribution in [0.3, 0.4) is 0 Å². The van der Waals surface area contributed by atoms with E-state index in [0.29, 0.717) is 5.56 Å². The number of aliphatic imine (C=N–C) groups is 1. The second kappa shape index (κ2) is 4.57. The zero-order valence-corrected chi connectivity index (χ0v) is 9.70. The third kappa shape index (κ3) is 1.90. The molecule has 0 bridgehead atoms. The van der Waals surface area contributed by atoms with Crippen LogP contribution in [0.4, 0.5) is 5.69 Å². The van der Waals surface area contributed by atoms with Gasteiger partial charge in [-0.05, 0) is 18.4 Å². The number of anilines is 1. The maximum absolute atomic E-state index is 11.1. The predicted molar refractivity (Wildman–Crippen MR) is 66.6 cm³/mol. The van der Waals surface area contributed by atoms with Gasteiger partial charge < -0.3 is 10.0 Å². The second-order valence-corrected chi connectivity index (χ2v) is 4.12. The molecule has 1 N–H and O–H groups in total. The van der Waals surface area contributed by atoms with Gasteiger partial charge in [-0.1, -0.05) is 23.9 Å². The highest BCUT2D eigenvalue weighted by atomic mass is 32.2. The average Bonchev–Trinajstić information content (AvgIpc) is 2.76. The Balaban J connectivity index is 2.40. The molecule has 0 spiro atoms. The Bertz CT molecular complexity index is 445. The molecule has 4 nitrogen and oxygen atoms in total. The molecule has 1 aromatic carbocycles. The Morgan fingerprint density at radius 3 is 2.94 bits per heavy atom.